The minimum absolute atomic E-state index is 0.0231. The van der Waals surface area contributed by atoms with Gasteiger partial charge in [0, 0.05) is 44.8 Å². The van der Waals surface area contributed by atoms with E-state index in [4.69, 9.17) is 0 Å². The third-order valence-corrected chi connectivity index (χ3v) is 4.55. The highest BCUT2D eigenvalue weighted by molar-refractivity contribution is 5.96. The van der Waals surface area contributed by atoms with Crippen molar-refractivity contribution in [3.63, 3.8) is 0 Å². The second-order valence-electron chi connectivity index (χ2n) is 6.32. The molecule has 0 unspecified atom stereocenters. The molecule has 2 saturated heterocycles. The number of benzene rings is 1. The van der Waals surface area contributed by atoms with E-state index in [1.165, 1.54) is 0 Å². The molecule has 128 valence electrons. The Morgan fingerprint density at radius 2 is 1.83 bits per heavy atom. The van der Waals surface area contributed by atoms with Gasteiger partial charge in [-0.25, -0.2) is 4.79 Å². The van der Waals surface area contributed by atoms with E-state index in [0.717, 1.165) is 17.7 Å². The molecule has 0 radical (unpaired) electrons. The summed E-state index contributed by atoms with van der Waals surface area (Å²) < 4.78 is 0. The number of nitrogens with one attached hydrogen (secondary N) is 1. The van der Waals surface area contributed by atoms with Crippen LogP contribution in [0.4, 0.5) is 10.5 Å². The van der Waals surface area contributed by atoms with Crippen LogP contribution in [0, 0.1) is 6.92 Å². The summed E-state index contributed by atoms with van der Waals surface area (Å²) in [5.74, 6) is 0.0231. The second-order valence-corrected chi connectivity index (χ2v) is 6.32. The lowest BCUT2D eigenvalue weighted by Gasteiger charge is -2.33. The summed E-state index contributed by atoms with van der Waals surface area (Å²) in [4.78, 5) is 40.3. The Bertz CT molecular complexity index is 623. The molecule has 2 aliphatic heterocycles. The average molecular weight is 330 g/mol. The van der Waals surface area contributed by atoms with E-state index in [2.05, 4.69) is 5.32 Å². The van der Waals surface area contributed by atoms with Crippen LogP contribution in [0.1, 0.15) is 12.0 Å². The van der Waals surface area contributed by atoms with Gasteiger partial charge in [-0.2, -0.15) is 0 Å². The molecule has 1 aromatic rings. The Balaban J connectivity index is 1.55. The van der Waals surface area contributed by atoms with Crippen molar-refractivity contribution in [2.45, 2.75) is 19.4 Å². The second kappa shape index (κ2) is 6.90. The van der Waals surface area contributed by atoms with E-state index in [9.17, 15) is 14.4 Å². The molecule has 0 aromatic heterocycles. The standard InChI is InChI=1S/C17H22N4O3/c1-13-2-4-15(5-3-13)21-11-14(10-16(21)23)18-17(24)20-8-6-19(12-22)7-9-20/h2-5,12,14H,6-11H2,1H3,(H,18,24)/t14-/m0/s1. The van der Waals surface area contributed by atoms with Crippen molar-refractivity contribution in [2.24, 2.45) is 0 Å². The fourth-order valence-corrected chi connectivity index (χ4v) is 3.07. The van der Waals surface area contributed by atoms with Crippen molar-refractivity contribution in [1.29, 1.82) is 0 Å². The molecule has 3 rings (SSSR count). The summed E-state index contributed by atoms with van der Waals surface area (Å²) in [6.07, 6.45) is 1.12. The van der Waals surface area contributed by atoms with E-state index in [-0.39, 0.29) is 18.0 Å². The maximum absolute atomic E-state index is 12.3. The van der Waals surface area contributed by atoms with E-state index in [1.807, 2.05) is 31.2 Å². The quantitative estimate of drug-likeness (QED) is 0.824. The summed E-state index contributed by atoms with van der Waals surface area (Å²) in [5, 5.41) is 2.94. The molecule has 7 heteroatoms. The van der Waals surface area contributed by atoms with E-state index >= 15 is 0 Å². The van der Waals surface area contributed by atoms with E-state index in [0.29, 0.717) is 39.1 Å². The van der Waals surface area contributed by atoms with Gasteiger partial charge in [-0.3, -0.25) is 9.59 Å². The zero-order chi connectivity index (χ0) is 17.1. The smallest absolute Gasteiger partial charge is 0.317 e. The summed E-state index contributed by atoms with van der Waals surface area (Å²) in [5.41, 5.74) is 2.01. The van der Waals surface area contributed by atoms with Crippen LogP contribution in [0.15, 0.2) is 24.3 Å². The molecule has 0 bridgehead atoms. The van der Waals surface area contributed by atoms with Gasteiger partial charge in [0.2, 0.25) is 12.3 Å². The van der Waals surface area contributed by atoms with Crippen LogP contribution in [0.25, 0.3) is 0 Å². The Kier molecular flexibility index (Phi) is 4.69. The van der Waals surface area contributed by atoms with Crippen molar-refractivity contribution in [2.75, 3.05) is 37.6 Å². The van der Waals surface area contributed by atoms with Crippen LogP contribution >= 0.6 is 0 Å². The number of anilines is 1. The third kappa shape index (κ3) is 3.50. The molecule has 4 amide bonds. The van der Waals surface area contributed by atoms with Gasteiger partial charge in [0.05, 0.1) is 6.04 Å². The zero-order valence-corrected chi connectivity index (χ0v) is 13.8. The number of carbonyl (C=O) groups excluding carboxylic acids is 3. The van der Waals surface area contributed by atoms with Crippen molar-refractivity contribution in [3.8, 4) is 0 Å². The molecule has 2 aliphatic rings. The molecule has 1 aromatic carbocycles. The van der Waals surface area contributed by atoms with Gasteiger partial charge in [0.25, 0.3) is 0 Å². The first kappa shape index (κ1) is 16.3. The first-order chi connectivity index (χ1) is 11.6. The lowest BCUT2D eigenvalue weighted by atomic mass is 10.2. The number of rotatable bonds is 3. The van der Waals surface area contributed by atoms with Gasteiger partial charge in [-0.15, -0.1) is 0 Å². The minimum atomic E-state index is -0.185. The van der Waals surface area contributed by atoms with Gasteiger partial charge in [0.1, 0.15) is 0 Å². The fourth-order valence-electron chi connectivity index (χ4n) is 3.07. The van der Waals surface area contributed by atoms with Crippen LogP contribution in [0.2, 0.25) is 0 Å². The molecule has 24 heavy (non-hydrogen) atoms. The molecule has 2 fully saturated rings. The van der Waals surface area contributed by atoms with Crippen molar-refractivity contribution in [1.82, 2.24) is 15.1 Å². The molecule has 0 spiro atoms. The molecular weight excluding hydrogens is 308 g/mol. The SMILES string of the molecule is Cc1ccc(N2C[C@@H](NC(=O)N3CCN(C=O)CC3)CC2=O)cc1. The fraction of sp³-hybridized carbons (Fsp3) is 0.471. The Hall–Kier alpha value is -2.57. The Morgan fingerprint density at radius 3 is 2.46 bits per heavy atom. The predicted octanol–water partition coefficient (Wildman–Crippen LogP) is 0.584. The van der Waals surface area contributed by atoms with Gasteiger partial charge in [-0.05, 0) is 19.1 Å². The molecular formula is C17H22N4O3. The number of hydrogen-bond donors (Lipinski definition) is 1. The monoisotopic (exact) mass is 330 g/mol. The van der Waals surface area contributed by atoms with Crippen molar-refractivity contribution in [3.05, 3.63) is 29.8 Å². The maximum Gasteiger partial charge on any atom is 0.317 e. The predicted molar refractivity (Wildman–Crippen MR) is 89.7 cm³/mol. The highest BCUT2D eigenvalue weighted by Gasteiger charge is 2.32. The molecule has 0 aliphatic carbocycles. The Labute approximate surface area is 141 Å². The molecule has 1 atom stereocenters. The van der Waals surface area contributed by atoms with Gasteiger partial charge in [0.15, 0.2) is 0 Å². The van der Waals surface area contributed by atoms with E-state index in [1.54, 1.807) is 14.7 Å². The summed E-state index contributed by atoms with van der Waals surface area (Å²) in [7, 11) is 0. The molecule has 1 N–H and O–H groups in total. The molecule has 0 saturated carbocycles. The number of nitrogens with zero attached hydrogens (tertiary/aromatic N) is 3. The largest absolute Gasteiger partial charge is 0.342 e. The van der Waals surface area contributed by atoms with Gasteiger partial charge < -0.3 is 20.0 Å². The number of urea groups is 1. The first-order valence-electron chi connectivity index (χ1n) is 8.18. The van der Waals surface area contributed by atoms with Crippen LogP contribution in [0.5, 0.6) is 0 Å². The van der Waals surface area contributed by atoms with Crippen LogP contribution in [0.3, 0.4) is 0 Å². The summed E-state index contributed by atoms with van der Waals surface area (Å²) in [6, 6.07) is 7.45. The van der Waals surface area contributed by atoms with Crippen molar-refractivity contribution < 1.29 is 14.4 Å². The lowest BCUT2D eigenvalue weighted by molar-refractivity contribution is -0.119. The van der Waals surface area contributed by atoms with Gasteiger partial charge in [-0.1, -0.05) is 17.7 Å². The number of hydrogen-bond acceptors (Lipinski definition) is 3. The normalized spacial score (nSPS) is 21.1. The molecule has 7 nitrogen and oxygen atoms in total. The first-order valence-corrected chi connectivity index (χ1v) is 8.18. The highest BCUT2D eigenvalue weighted by atomic mass is 16.2. The van der Waals surface area contributed by atoms with Gasteiger partial charge >= 0.3 is 6.03 Å². The van der Waals surface area contributed by atoms with Crippen LogP contribution < -0.4 is 10.2 Å². The van der Waals surface area contributed by atoms with Crippen LogP contribution in [-0.2, 0) is 9.59 Å². The Morgan fingerprint density at radius 1 is 1.17 bits per heavy atom. The number of piperazine rings is 1. The maximum atomic E-state index is 12.3. The number of carbonyl (C=O) groups is 3. The molecule has 2 heterocycles. The average Bonchev–Trinajstić information content (AvgIpc) is 2.96. The lowest BCUT2D eigenvalue weighted by Crippen LogP contribution is -2.53. The topological polar surface area (TPSA) is 73.0 Å². The summed E-state index contributed by atoms with van der Waals surface area (Å²) >= 11 is 0. The number of amides is 4. The van der Waals surface area contributed by atoms with E-state index < -0.39 is 0 Å². The highest BCUT2D eigenvalue weighted by Crippen LogP contribution is 2.22. The zero-order valence-electron chi connectivity index (χ0n) is 13.8. The number of aryl methyl sites for hydroxylation is 1. The van der Waals surface area contributed by atoms with Crippen LogP contribution in [-0.4, -0.2) is 66.9 Å². The minimum Gasteiger partial charge on any atom is -0.342 e. The third-order valence-electron chi connectivity index (χ3n) is 4.55. The summed E-state index contributed by atoms with van der Waals surface area (Å²) in [6.45, 7) is 4.64. The van der Waals surface area contributed by atoms with Crippen molar-refractivity contribution >= 4 is 24.0 Å².